The molecule has 4 rings (SSSR count). The summed E-state index contributed by atoms with van der Waals surface area (Å²) < 4.78 is 5.70. The van der Waals surface area contributed by atoms with E-state index in [1.54, 1.807) is 0 Å². The summed E-state index contributed by atoms with van der Waals surface area (Å²) >= 11 is 1.42. The van der Waals surface area contributed by atoms with Gasteiger partial charge in [0.05, 0.1) is 12.3 Å². The lowest BCUT2D eigenvalue weighted by Crippen LogP contribution is -2.12. The molecular weight excluding hydrogens is 380 g/mol. The highest BCUT2D eigenvalue weighted by Crippen LogP contribution is 2.27. The number of unbranched alkanes of at least 4 members (excludes halogenated alkanes) is 1. The second-order valence-corrected chi connectivity index (χ2v) is 7.60. The maximum atomic E-state index is 12.8. The Morgan fingerprint density at radius 3 is 2.66 bits per heavy atom. The van der Waals surface area contributed by atoms with E-state index in [-0.39, 0.29) is 5.91 Å². The van der Waals surface area contributed by atoms with Crippen LogP contribution in [0.4, 0.5) is 5.13 Å². The molecule has 0 fully saturated rings. The van der Waals surface area contributed by atoms with E-state index in [0.717, 1.165) is 47.2 Å². The van der Waals surface area contributed by atoms with Crippen molar-refractivity contribution in [2.45, 2.75) is 19.8 Å². The second-order valence-electron chi connectivity index (χ2n) is 6.75. The van der Waals surface area contributed by atoms with E-state index in [4.69, 9.17) is 4.74 Å². The zero-order chi connectivity index (χ0) is 20.1. The summed E-state index contributed by atoms with van der Waals surface area (Å²) in [4.78, 5) is 17.4. The highest BCUT2D eigenvalue weighted by atomic mass is 32.1. The highest BCUT2D eigenvalue weighted by molar-refractivity contribution is 7.14. The van der Waals surface area contributed by atoms with Gasteiger partial charge < -0.3 is 4.74 Å². The molecule has 3 aromatic carbocycles. The van der Waals surface area contributed by atoms with Crippen molar-refractivity contribution in [1.82, 2.24) is 4.98 Å². The van der Waals surface area contributed by atoms with Crippen molar-refractivity contribution < 1.29 is 9.53 Å². The van der Waals surface area contributed by atoms with Crippen LogP contribution in [0.2, 0.25) is 0 Å². The first-order chi connectivity index (χ1) is 14.2. The smallest absolute Gasteiger partial charge is 0.258 e. The van der Waals surface area contributed by atoms with Gasteiger partial charge in [-0.25, -0.2) is 4.98 Å². The lowest BCUT2D eigenvalue weighted by atomic mass is 10.0. The number of aromatic nitrogens is 1. The molecule has 0 unspecified atom stereocenters. The Morgan fingerprint density at radius 1 is 1.03 bits per heavy atom. The predicted octanol–water partition coefficient (Wildman–Crippen LogP) is 6.39. The Hall–Kier alpha value is -3.18. The molecule has 0 atom stereocenters. The van der Waals surface area contributed by atoms with Gasteiger partial charge in [-0.15, -0.1) is 11.3 Å². The summed E-state index contributed by atoms with van der Waals surface area (Å²) in [5.74, 6) is 0.712. The number of thiazole rings is 1. The Morgan fingerprint density at radius 2 is 1.83 bits per heavy atom. The fraction of sp³-hybridized carbons (Fsp3) is 0.167. The van der Waals surface area contributed by atoms with E-state index in [1.165, 1.54) is 11.3 Å². The maximum absolute atomic E-state index is 12.8. The standard InChI is InChI=1S/C24H22N2O2S/c1-2-3-15-28-19-13-11-18(12-14-19)22-16-29-24(25-22)26-23(27)21-10-6-8-17-7-4-5-9-20(17)21/h4-14,16H,2-3,15H2,1H3,(H,25,26,27). The molecule has 0 radical (unpaired) electrons. The molecule has 0 spiro atoms. The number of nitrogens with one attached hydrogen (secondary N) is 1. The van der Waals surface area contributed by atoms with E-state index in [0.29, 0.717) is 10.7 Å². The summed E-state index contributed by atoms with van der Waals surface area (Å²) in [6.07, 6.45) is 2.16. The number of ether oxygens (including phenoxy) is 1. The Balaban J connectivity index is 1.47. The van der Waals surface area contributed by atoms with Gasteiger partial charge in [0.2, 0.25) is 0 Å². The third-order valence-electron chi connectivity index (χ3n) is 4.68. The van der Waals surface area contributed by atoms with Crippen molar-refractivity contribution in [2.24, 2.45) is 0 Å². The normalized spacial score (nSPS) is 10.8. The van der Waals surface area contributed by atoms with E-state index in [9.17, 15) is 4.79 Å². The molecule has 0 bridgehead atoms. The van der Waals surface area contributed by atoms with Crippen LogP contribution in [-0.2, 0) is 0 Å². The molecule has 4 aromatic rings. The van der Waals surface area contributed by atoms with E-state index in [1.807, 2.05) is 72.1 Å². The third-order valence-corrected chi connectivity index (χ3v) is 5.43. The fourth-order valence-electron chi connectivity index (χ4n) is 3.11. The number of hydrogen-bond acceptors (Lipinski definition) is 4. The maximum Gasteiger partial charge on any atom is 0.258 e. The summed E-state index contributed by atoms with van der Waals surface area (Å²) in [5.41, 5.74) is 2.48. The third kappa shape index (κ3) is 4.46. The van der Waals surface area contributed by atoms with Crippen molar-refractivity contribution >= 4 is 33.1 Å². The zero-order valence-corrected chi connectivity index (χ0v) is 17.0. The van der Waals surface area contributed by atoms with Crippen LogP contribution in [0.1, 0.15) is 30.1 Å². The van der Waals surface area contributed by atoms with Crippen LogP contribution >= 0.6 is 11.3 Å². The van der Waals surface area contributed by atoms with Crippen molar-refractivity contribution in [3.63, 3.8) is 0 Å². The lowest BCUT2D eigenvalue weighted by Gasteiger charge is -2.06. The topological polar surface area (TPSA) is 51.2 Å². The molecule has 0 saturated heterocycles. The van der Waals surface area contributed by atoms with Gasteiger partial charge in [0.25, 0.3) is 5.91 Å². The SMILES string of the molecule is CCCCOc1ccc(-c2csc(NC(=O)c3cccc4ccccc34)n2)cc1. The summed E-state index contributed by atoms with van der Waals surface area (Å²) in [6.45, 7) is 2.88. The second kappa shape index (κ2) is 8.88. The van der Waals surface area contributed by atoms with E-state index < -0.39 is 0 Å². The largest absolute Gasteiger partial charge is 0.494 e. The molecule has 5 heteroatoms. The van der Waals surface area contributed by atoms with E-state index in [2.05, 4.69) is 17.2 Å². The van der Waals surface area contributed by atoms with Crippen molar-refractivity contribution in [3.8, 4) is 17.0 Å². The molecule has 0 aliphatic rings. The minimum atomic E-state index is -0.151. The fourth-order valence-corrected chi connectivity index (χ4v) is 3.82. The van der Waals surface area contributed by atoms with Crippen LogP contribution in [-0.4, -0.2) is 17.5 Å². The number of carbonyl (C=O) groups is 1. The number of fused-ring (bicyclic) bond motifs is 1. The monoisotopic (exact) mass is 402 g/mol. The average molecular weight is 403 g/mol. The number of hydrogen-bond donors (Lipinski definition) is 1. The average Bonchev–Trinajstić information content (AvgIpc) is 3.22. The number of benzene rings is 3. The van der Waals surface area contributed by atoms with Gasteiger partial charge in [-0.1, -0.05) is 49.7 Å². The van der Waals surface area contributed by atoms with Gasteiger partial charge >= 0.3 is 0 Å². The predicted molar refractivity (Wildman–Crippen MR) is 120 cm³/mol. The van der Waals surface area contributed by atoms with Crippen molar-refractivity contribution in [3.05, 3.63) is 77.7 Å². The van der Waals surface area contributed by atoms with Gasteiger partial charge in [-0.2, -0.15) is 0 Å². The van der Waals surface area contributed by atoms with Gasteiger partial charge in [0, 0.05) is 16.5 Å². The Kier molecular flexibility index (Phi) is 5.86. The quantitative estimate of drug-likeness (QED) is 0.364. The highest BCUT2D eigenvalue weighted by Gasteiger charge is 2.12. The van der Waals surface area contributed by atoms with Gasteiger partial charge in [0.1, 0.15) is 5.75 Å². The van der Waals surface area contributed by atoms with Gasteiger partial charge in [0.15, 0.2) is 5.13 Å². The zero-order valence-electron chi connectivity index (χ0n) is 16.2. The Bertz CT molecular complexity index is 1110. The van der Waals surface area contributed by atoms with E-state index >= 15 is 0 Å². The van der Waals surface area contributed by atoms with Crippen LogP contribution in [0.5, 0.6) is 5.75 Å². The van der Waals surface area contributed by atoms with Crippen molar-refractivity contribution in [2.75, 3.05) is 11.9 Å². The van der Waals surface area contributed by atoms with Crippen LogP contribution in [0.15, 0.2) is 72.1 Å². The molecule has 4 nitrogen and oxygen atoms in total. The number of carbonyl (C=O) groups excluding carboxylic acids is 1. The minimum Gasteiger partial charge on any atom is -0.494 e. The summed E-state index contributed by atoms with van der Waals surface area (Å²) in [5, 5.41) is 7.44. The van der Waals surface area contributed by atoms with Crippen LogP contribution in [0, 0.1) is 0 Å². The minimum absolute atomic E-state index is 0.151. The molecule has 1 N–H and O–H groups in total. The first-order valence-corrected chi connectivity index (χ1v) is 10.6. The summed E-state index contributed by atoms with van der Waals surface area (Å²) in [7, 11) is 0. The van der Waals surface area contributed by atoms with Gasteiger partial charge in [-0.05, 0) is 47.5 Å². The molecule has 146 valence electrons. The molecule has 29 heavy (non-hydrogen) atoms. The lowest BCUT2D eigenvalue weighted by molar-refractivity contribution is 0.102. The van der Waals surface area contributed by atoms with Crippen molar-refractivity contribution in [1.29, 1.82) is 0 Å². The first kappa shape index (κ1) is 19.2. The molecular formula is C24H22N2O2S. The van der Waals surface area contributed by atoms with Crippen LogP contribution in [0.25, 0.3) is 22.0 Å². The van der Waals surface area contributed by atoms with Crippen LogP contribution < -0.4 is 10.1 Å². The number of nitrogens with zero attached hydrogens (tertiary/aromatic N) is 1. The van der Waals surface area contributed by atoms with Gasteiger partial charge in [-0.3, -0.25) is 10.1 Å². The molecule has 0 aliphatic carbocycles. The molecule has 1 aromatic heterocycles. The number of amides is 1. The summed E-state index contributed by atoms with van der Waals surface area (Å²) in [6, 6.07) is 21.5. The van der Waals surface area contributed by atoms with Crippen LogP contribution in [0.3, 0.4) is 0 Å². The molecule has 0 saturated carbocycles. The number of anilines is 1. The molecule has 1 heterocycles. The Labute approximate surface area is 174 Å². The molecule has 1 amide bonds. The first-order valence-electron chi connectivity index (χ1n) is 9.72. The molecule has 0 aliphatic heterocycles. The number of rotatable bonds is 7.